The number of carbonyl (C=O) groups excluding carboxylic acids is 1. The minimum absolute atomic E-state index is 0.188. The molecule has 0 spiro atoms. The van der Waals surface area contributed by atoms with Gasteiger partial charge in [0.05, 0.1) is 18.7 Å². The molecule has 14 heavy (non-hydrogen) atoms. The normalized spacial score (nSPS) is 24.2. The second-order valence-corrected chi connectivity index (χ2v) is 3.45. The van der Waals surface area contributed by atoms with Crippen molar-refractivity contribution < 1.29 is 9.53 Å². The third-order valence-electron chi connectivity index (χ3n) is 2.54. The summed E-state index contributed by atoms with van der Waals surface area (Å²) in [6.45, 7) is 4.84. The van der Waals surface area contributed by atoms with Crippen molar-refractivity contribution in [2.24, 2.45) is 0 Å². The Hall–Kier alpha value is -1.08. The lowest BCUT2D eigenvalue weighted by Gasteiger charge is -2.24. The molecule has 0 aromatic rings. The molecule has 0 bridgehead atoms. The van der Waals surface area contributed by atoms with Gasteiger partial charge in [-0.1, -0.05) is 0 Å². The van der Waals surface area contributed by atoms with Gasteiger partial charge < -0.3 is 4.74 Å². The van der Waals surface area contributed by atoms with E-state index in [1.807, 2.05) is 11.8 Å². The van der Waals surface area contributed by atoms with Crippen LogP contribution in [0, 0.1) is 11.3 Å². The Morgan fingerprint density at radius 2 is 2.50 bits per heavy atom. The predicted molar refractivity (Wildman–Crippen MR) is 51.4 cm³/mol. The van der Waals surface area contributed by atoms with Gasteiger partial charge >= 0.3 is 5.97 Å². The van der Waals surface area contributed by atoms with E-state index in [1.165, 1.54) is 0 Å². The fourth-order valence-electron chi connectivity index (χ4n) is 1.82. The molecule has 78 valence electrons. The summed E-state index contributed by atoms with van der Waals surface area (Å²) in [6.07, 6.45) is 1.78. The van der Waals surface area contributed by atoms with E-state index in [2.05, 4.69) is 6.07 Å². The number of ether oxygens (including phenoxy) is 1. The molecule has 1 aliphatic heterocycles. The fourth-order valence-corrected chi connectivity index (χ4v) is 1.82. The third kappa shape index (κ3) is 2.24. The summed E-state index contributed by atoms with van der Waals surface area (Å²) in [5.74, 6) is -0.188. The van der Waals surface area contributed by atoms with Crippen LogP contribution in [0.4, 0.5) is 0 Å². The summed E-state index contributed by atoms with van der Waals surface area (Å²) in [6, 6.07) is 1.75. The van der Waals surface area contributed by atoms with Crippen molar-refractivity contribution in [1.82, 2.24) is 4.90 Å². The molecule has 1 rings (SSSR count). The number of carbonyl (C=O) groups is 1. The molecular formula is C10H16N2O2. The van der Waals surface area contributed by atoms with Gasteiger partial charge in [0.25, 0.3) is 0 Å². The Bertz CT molecular complexity index is 247. The third-order valence-corrected chi connectivity index (χ3v) is 2.54. The van der Waals surface area contributed by atoms with E-state index in [4.69, 9.17) is 10.00 Å². The van der Waals surface area contributed by atoms with Gasteiger partial charge in [-0.05, 0) is 26.7 Å². The largest absolute Gasteiger partial charge is 0.465 e. The predicted octanol–water partition coefficient (Wildman–Crippen LogP) is 0.926. The Morgan fingerprint density at radius 3 is 3.07 bits per heavy atom. The Kier molecular flexibility index (Phi) is 3.90. The summed E-state index contributed by atoms with van der Waals surface area (Å²) in [7, 11) is 0. The summed E-state index contributed by atoms with van der Waals surface area (Å²) in [4.78, 5) is 13.4. The van der Waals surface area contributed by atoms with Gasteiger partial charge in [0.15, 0.2) is 0 Å². The van der Waals surface area contributed by atoms with Crippen LogP contribution in [0.2, 0.25) is 0 Å². The van der Waals surface area contributed by atoms with Crippen LogP contribution in [0.15, 0.2) is 0 Å². The maximum Gasteiger partial charge on any atom is 0.323 e. The number of hydrogen-bond donors (Lipinski definition) is 0. The van der Waals surface area contributed by atoms with Gasteiger partial charge in [-0.2, -0.15) is 5.26 Å². The first-order valence-corrected chi connectivity index (χ1v) is 5.02. The standard InChI is InChI=1S/C10H16N2O2/c1-3-14-10(13)9-5-4-6-12(9)8(2)7-11/h8-9H,3-6H2,1-2H3. The van der Waals surface area contributed by atoms with E-state index >= 15 is 0 Å². The van der Waals surface area contributed by atoms with Crippen molar-refractivity contribution in [3.05, 3.63) is 0 Å². The van der Waals surface area contributed by atoms with E-state index in [-0.39, 0.29) is 18.1 Å². The summed E-state index contributed by atoms with van der Waals surface area (Å²) in [5.41, 5.74) is 0. The minimum atomic E-state index is -0.204. The minimum Gasteiger partial charge on any atom is -0.465 e. The molecule has 4 heteroatoms. The number of nitrogens with zero attached hydrogens (tertiary/aromatic N) is 2. The smallest absolute Gasteiger partial charge is 0.323 e. The van der Waals surface area contributed by atoms with Crippen molar-refractivity contribution in [1.29, 1.82) is 5.26 Å². The SMILES string of the molecule is CCOC(=O)C1CCCN1C(C)C#N. The summed E-state index contributed by atoms with van der Waals surface area (Å²) >= 11 is 0. The molecule has 0 N–H and O–H groups in total. The van der Waals surface area contributed by atoms with E-state index in [9.17, 15) is 4.79 Å². The topological polar surface area (TPSA) is 53.3 Å². The molecule has 0 amide bonds. The zero-order valence-electron chi connectivity index (χ0n) is 8.69. The Balaban J connectivity index is 2.60. The highest BCUT2D eigenvalue weighted by Gasteiger charge is 2.34. The van der Waals surface area contributed by atoms with Gasteiger partial charge in [-0.3, -0.25) is 9.69 Å². The molecule has 0 aromatic heterocycles. The van der Waals surface area contributed by atoms with Crippen LogP contribution in [-0.4, -0.2) is 36.1 Å². The quantitative estimate of drug-likeness (QED) is 0.630. The zero-order valence-corrected chi connectivity index (χ0v) is 8.69. The molecule has 2 atom stereocenters. The average Bonchev–Trinajstić information content (AvgIpc) is 2.65. The van der Waals surface area contributed by atoms with Gasteiger partial charge in [0, 0.05) is 6.54 Å². The maximum atomic E-state index is 11.5. The number of hydrogen-bond acceptors (Lipinski definition) is 4. The van der Waals surface area contributed by atoms with Crippen LogP contribution in [0.3, 0.4) is 0 Å². The van der Waals surface area contributed by atoms with E-state index in [0.29, 0.717) is 6.61 Å². The highest BCUT2D eigenvalue weighted by atomic mass is 16.5. The Morgan fingerprint density at radius 1 is 1.79 bits per heavy atom. The first-order valence-electron chi connectivity index (χ1n) is 5.02. The second-order valence-electron chi connectivity index (χ2n) is 3.45. The summed E-state index contributed by atoms with van der Waals surface area (Å²) in [5, 5.41) is 8.78. The van der Waals surface area contributed by atoms with Gasteiger partial charge in [-0.15, -0.1) is 0 Å². The highest BCUT2D eigenvalue weighted by molar-refractivity contribution is 5.76. The molecule has 4 nitrogen and oxygen atoms in total. The lowest BCUT2D eigenvalue weighted by Crippen LogP contribution is -2.42. The van der Waals surface area contributed by atoms with Crippen LogP contribution in [0.1, 0.15) is 26.7 Å². The molecule has 0 aromatic carbocycles. The van der Waals surface area contributed by atoms with Crippen molar-refractivity contribution in [3.8, 4) is 6.07 Å². The number of nitriles is 1. The van der Waals surface area contributed by atoms with Gasteiger partial charge in [0.1, 0.15) is 6.04 Å². The zero-order chi connectivity index (χ0) is 10.6. The highest BCUT2D eigenvalue weighted by Crippen LogP contribution is 2.20. The van der Waals surface area contributed by atoms with E-state index < -0.39 is 0 Å². The van der Waals surface area contributed by atoms with Gasteiger partial charge in [0.2, 0.25) is 0 Å². The van der Waals surface area contributed by atoms with Gasteiger partial charge in [-0.25, -0.2) is 0 Å². The van der Waals surface area contributed by atoms with Crippen LogP contribution in [0.5, 0.6) is 0 Å². The fraction of sp³-hybridized carbons (Fsp3) is 0.800. The molecule has 0 saturated carbocycles. The van der Waals surface area contributed by atoms with E-state index in [1.54, 1.807) is 6.92 Å². The monoisotopic (exact) mass is 196 g/mol. The van der Waals surface area contributed by atoms with E-state index in [0.717, 1.165) is 19.4 Å². The van der Waals surface area contributed by atoms with Crippen LogP contribution >= 0.6 is 0 Å². The number of likely N-dealkylation sites (tertiary alicyclic amines) is 1. The first-order chi connectivity index (χ1) is 6.70. The molecule has 1 heterocycles. The lowest BCUT2D eigenvalue weighted by atomic mass is 10.2. The lowest BCUT2D eigenvalue weighted by molar-refractivity contribution is -0.148. The van der Waals surface area contributed by atoms with Crippen molar-refractivity contribution >= 4 is 5.97 Å². The van der Waals surface area contributed by atoms with Crippen LogP contribution in [0.25, 0.3) is 0 Å². The molecule has 2 unspecified atom stereocenters. The van der Waals surface area contributed by atoms with Crippen LogP contribution in [-0.2, 0) is 9.53 Å². The molecule has 1 saturated heterocycles. The second kappa shape index (κ2) is 4.97. The van der Waals surface area contributed by atoms with Crippen molar-refractivity contribution in [2.75, 3.05) is 13.2 Å². The van der Waals surface area contributed by atoms with Crippen molar-refractivity contribution in [3.63, 3.8) is 0 Å². The first kappa shape index (κ1) is 11.0. The summed E-state index contributed by atoms with van der Waals surface area (Å²) < 4.78 is 4.96. The Labute approximate surface area is 84.4 Å². The molecule has 1 fully saturated rings. The molecule has 0 aliphatic carbocycles. The van der Waals surface area contributed by atoms with Crippen LogP contribution < -0.4 is 0 Å². The number of esters is 1. The number of rotatable bonds is 3. The molecular weight excluding hydrogens is 180 g/mol. The molecule has 0 radical (unpaired) electrons. The average molecular weight is 196 g/mol. The maximum absolute atomic E-state index is 11.5. The molecule has 1 aliphatic rings. The van der Waals surface area contributed by atoms with Crippen molar-refractivity contribution in [2.45, 2.75) is 38.8 Å².